The predicted octanol–water partition coefficient (Wildman–Crippen LogP) is 2.25. The van der Waals surface area contributed by atoms with Crippen molar-refractivity contribution in [2.24, 2.45) is 0 Å². The maximum Gasteiger partial charge on any atom is 0.316 e. The Hall–Kier alpha value is -3.29. The summed E-state index contributed by atoms with van der Waals surface area (Å²) < 4.78 is 24.5. The van der Waals surface area contributed by atoms with Crippen molar-refractivity contribution in [1.82, 2.24) is 19.5 Å². The normalized spacial score (nSPS) is 15.5. The molecule has 8 heteroatoms. The molecule has 0 N–H and O–H groups in total. The van der Waals surface area contributed by atoms with Crippen LogP contribution in [0.3, 0.4) is 0 Å². The van der Waals surface area contributed by atoms with Crippen molar-refractivity contribution in [2.45, 2.75) is 12.6 Å². The second-order valence-electron chi connectivity index (χ2n) is 5.78. The van der Waals surface area contributed by atoms with Crippen LogP contribution in [0, 0.1) is 0 Å². The smallest absolute Gasteiger partial charge is 0.316 e. The topological polar surface area (TPSA) is 80.5 Å². The van der Waals surface area contributed by atoms with Crippen molar-refractivity contribution in [3.05, 3.63) is 54.4 Å². The minimum Gasteiger partial charge on any atom is -0.493 e. The highest BCUT2D eigenvalue weighted by Gasteiger charge is 2.27. The van der Waals surface area contributed by atoms with Crippen molar-refractivity contribution in [2.75, 3.05) is 20.8 Å². The van der Waals surface area contributed by atoms with Crippen LogP contribution < -0.4 is 18.9 Å². The molecule has 1 aliphatic heterocycles. The molecule has 0 saturated carbocycles. The first-order valence-corrected chi connectivity index (χ1v) is 8.09. The molecule has 0 radical (unpaired) electrons. The first-order valence-electron chi connectivity index (χ1n) is 8.09. The Morgan fingerprint density at radius 2 is 2.04 bits per heavy atom. The lowest BCUT2D eigenvalue weighted by molar-refractivity contribution is 0.0863. The van der Waals surface area contributed by atoms with Crippen LogP contribution >= 0.6 is 0 Å². The van der Waals surface area contributed by atoms with Gasteiger partial charge in [-0.05, 0) is 17.7 Å². The van der Waals surface area contributed by atoms with E-state index in [-0.39, 0.29) is 6.10 Å². The van der Waals surface area contributed by atoms with Gasteiger partial charge >= 0.3 is 6.01 Å². The van der Waals surface area contributed by atoms with Crippen LogP contribution in [0.1, 0.15) is 17.2 Å². The van der Waals surface area contributed by atoms with Crippen molar-refractivity contribution < 1.29 is 18.9 Å². The van der Waals surface area contributed by atoms with E-state index >= 15 is 0 Å². The lowest BCUT2D eigenvalue weighted by atomic mass is 10.1. The third kappa shape index (κ3) is 3.13. The molecule has 26 heavy (non-hydrogen) atoms. The summed E-state index contributed by atoms with van der Waals surface area (Å²) in [4.78, 5) is 12.3. The van der Waals surface area contributed by atoms with Gasteiger partial charge in [0.05, 0.1) is 20.5 Å². The number of ether oxygens (including phenoxy) is 4. The summed E-state index contributed by atoms with van der Waals surface area (Å²) in [7, 11) is 3.14. The van der Waals surface area contributed by atoms with Gasteiger partial charge in [0.25, 0.3) is 0 Å². The second kappa shape index (κ2) is 6.91. The quantitative estimate of drug-likeness (QED) is 0.695. The molecule has 3 aromatic rings. The molecule has 0 bridgehead atoms. The summed E-state index contributed by atoms with van der Waals surface area (Å²) >= 11 is 0. The predicted molar refractivity (Wildman–Crippen MR) is 91.8 cm³/mol. The minimum absolute atomic E-state index is 0.313. The summed E-state index contributed by atoms with van der Waals surface area (Å²) in [5.74, 6) is 1.86. The summed E-state index contributed by atoms with van der Waals surface area (Å²) in [6.45, 7) is 1.03. The molecule has 8 nitrogen and oxygen atoms in total. The van der Waals surface area contributed by atoms with E-state index in [1.807, 2.05) is 22.9 Å². The number of nitrogens with zero attached hydrogens (tertiary/aromatic N) is 4. The van der Waals surface area contributed by atoms with E-state index in [4.69, 9.17) is 18.9 Å². The lowest BCUT2D eigenvalue weighted by Crippen LogP contribution is -2.22. The van der Waals surface area contributed by atoms with Crippen LogP contribution in [0.5, 0.6) is 23.3 Å². The van der Waals surface area contributed by atoms with E-state index in [1.54, 1.807) is 32.0 Å². The highest BCUT2D eigenvalue weighted by Crippen LogP contribution is 2.44. The molecule has 2 aromatic heterocycles. The standard InChI is InChI=1S/C18H18N4O4/c1-23-14-5-12(9-22-4-3-19-11-22)6-15-17(14)26-16(10-25-15)13-7-20-18(24-2)21-8-13/h3-8,11,16H,9-10H2,1-2H3. The Morgan fingerprint density at radius 1 is 1.19 bits per heavy atom. The lowest BCUT2D eigenvalue weighted by Gasteiger charge is -2.28. The van der Waals surface area contributed by atoms with E-state index in [1.165, 1.54) is 7.11 Å². The van der Waals surface area contributed by atoms with Gasteiger partial charge in [0.2, 0.25) is 5.75 Å². The van der Waals surface area contributed by atoms with Gasteiger partial charge in [-0.2, -0.15) is 0 Å². The summed E-state index contributed by atoms with van der Waals surface area (Å²) in [5.41, 5.74) is 1.84. The van der Waals surface area contributed by atoms with Gasteiger partial charge in [-0.3, -0.25) is 0 Å². The Balaban J connectivity index is 1.59. The fraction of sp³-hybridized carbons (Fsp3) is 0.278. The van der Waals surface area contributed by atoms with E-state index < -0.39 is 0 Å². The van der Waals surface area contributed by atoms with E-state index in [0.29, 0.717) is 36.4 Å². The molecular formula is C18H18N4O4. The molecule has 134 valence electrons. The first kappa shape index (κ1) is 16.2. The molecule has 1 aliphatic rings. The fourth-order valence-electron chi connectivity index (χ4n) is 2.79. The van der Waals surface area contributed by atoms with Crippen LogP contribution in [-0.2, 0) is 6.54 Å². The van der Waals surface area contributed by atoms with Crippen LogP contribution in [-0.4, -0.2) is 40.3 Å². The van der Waals surface area contributed by atoms with E-state index in [0.717, 1.165) is 11.1 Å². The molecule has 0 spiro atoms. The summed E-state index contributed by atoms with van der Waals surface area (Å²) in [5, 5.41) is 0. The van der Waals surface area contributed by atoms with Gasteiger partial charge in [0, 0.05) is 36.9 Å². The van der Waals surface area contributed by atoms with Gasteiger partial charge in [-0.15, -0.1) is 0 Å². The van der Waals surface area contributed by atoms with Crippen LogP contribution in [0.2, 0.25) is 0 Å². The molecule has 0 amide bonds. The van der Waals surface area contributed by atoms with Gasteiger partial charge in [-0.25, -0.2) is 15.0 Å². The zero-order valence-electron chi connectivity index (χ0n) is 14.5. The van der Waals surface area contributed by atoms with Crippen molar-refractivity contribution >= 4 is 0 Å². The van der Waals surface area contributed by atoms with Crippen molar-refractivity contribution in [3.63, 3.8) is 0 Å². The van der Waals surface area contributed by atoms with Crippen LogP contribution in [0.15, 0.2) is 43.2 Å². The number of hydrogen-bond donors (Lipinski definition) is 0. The Labute approximate surface area is 150 Å². The van der Waals surface area contributed by atoms with E-state index in [2.05, 4.69) is 15.0 Å². The zero-order chi connectivity index (χ0) is 17.9. The fourth-order valence-corrected chi connectivity index (χ4v) is 2.79. The van der Waals surface area contributed by atoms with Gasteiger partial charge < -0.3 is 23.5 Å². The molecule has 0 aliphatic carbocycles. The Morgan fingerprint density at radius 3 is 2.73 bits per heavy atom. The van der Waals surface area contributed by atoms with E-state index in [9.17, 15) is 0 Å². The minimum atomic E-state index is -0.318. The molecule has 3 heterocycles. The zero-order valence-corrected chi connectivity index (χ0v) is 14.5. The van der Waals surface area contributed by atoms with Gasteiger partial charge in [-0.1, -0.05) is 0 Å². The third-order valence-corrected chi connectivity index (χ3v) is 4.08. The highest BCUT2D eigenvalue weighted by atomic mass is 16.6. The number of methoxy groups -OCH3 is 2. The molecule has 4 rings (SSSR count). The van der Waals surface area contributed by atoms with Gasteiger partial charge in [0.15, 0.2) is 17.6 Å². The Kier molecular flexibility index (Phi) is 4.30. The average molecular weight is 354 g/mol. The van der Waals surface area contributed by atoms with Crippen molar-refractivity contribution in [1.29, 1.82) is 0 Å². The molecule has 0 fully saturated rings. The highest BCUT2D eigenvalue weighted by molar-refractivity contribution is 5.55. The SMILES string of the molecule is COc1ncc(C2COc3cc(Cn4ccnc4)cc(OC)c3O2)cn1. The maximum atomic E-state index is 6.11. The number of benzene rings is 1. The number of hydrogen-bond acceptors (Lipinski definition) is 7. The number of aromatic nitrogens is 4. The molecule has 0 saturated heterocycles. The van der Waals surface area contributed by atoms with Crippen molar-refractivity contribution in [3.8, 4) is 23.3 Å². The first-order chi connectivity index (χ1) is 12.8. The average Bonchev–Trinajstić information content (AvgIpc) is 3.20. The maximum absolute atomic E-state index is 6.11. The molecular weight excluding hydrogens is 336 g/mol. The largest absolute Gasteiger partial charge is 0.493 e. The van der Waals surface area contributed by atoms with Crippen LogP contribution in [0.25, 0.3) is 0 Å². The number of rotatable bonds is 5. The Bertz CT molecular complexity index is 864. The van der Waals surface area contributed by atoms with Gasteiger partial charge in [0.1, 0.15) is 6.61 Å². The molecule has 1 atom stereocenters. The monoisotopic (exact) mass is 354 g/mol. The third-order valence-electron chi connectivity index (χ3n) is 4.08. The number of imidazole rings is 1. The number of fused-ring (bicyclic) bond motifs is 1. The molecule has 1 unspecified atom stereocenters. The second-order valence-corrected chi connectivity index (χ2v) is 5.78. The summed E-state index contributed by atoms with van der Waals surface area (Å²) in [6, 6.07) is 4.21. The summed E-state index contributed by atoms with van der Waals surface area (Å²) in [6.07, 6.45) is 8.44. The van der Waals surface area contributed by atoms with Crippen LogP contribution in [0.4, 0.5) is 0 Å². The molecule has 1 aromatic carbocycles.